The van der Waals surface area contributed by atoms with Crippen molar-refractivity contribution in [2.75, 3.05) is 14.1 Å². The molecule has 0 unspecified atom stereocenters. The van der Waals surface area contributed by atoms with Crippen LogP contribution < -0.4 is 0 Å². The highest BCUT2D eigenvalue weighted by Crippen LogP contribution is 2.14. The molecule has 0 radical (unpaired) electrons. The van der Waals surface area contributed by atoms with E-state index in [-0.39, 0.29) is 0 Å². The summed E-state index contributed by atoms with van der Waals surface area (Å²) in [6.07, 6.45) is 2.33. The van der Waals surface area contributed by atoms with Crippen LogP contribution in [0.2, 0.25) is 0 Å². The number of nitrogens with zero attached hydrogens (tertiary/aromatic N) is 4. The van der Waals surface area contributed by atoms with E-state index in [1.807, 2.05) is 0 Å². The zero-order chi connectivity index (χ0) is 8.55. The van der Waals surface area contributed by atoms with Gasteiger partial charge in [0.05, 0.1) is 6.54 Å². The lowest BCUT2D eigenvalue weighted by molar-refractivity contribution is 0.381. The van der Waals surface area contributed by atoms with Crippen molar-refractivity contribution in [1.29, 1.82) is 0 Å². The first-order chi connectivity index (χ1) is 5.77. The van der Waals surface area contributed by atoms with Gasteiger partial charge in [-0.3, -0.25) is 0 Å². The zero-order valence-electron chi connectivity index (χ0n) is 7.62. The van der Waals surface area contributed by atoms with E-state index >= 15 is 0 Å². The van der Waals surface area contributed by atoms with Crippen LogP contribution in [0.1, 0.15) is 18.1 Å². The van der Waals surface area contributed by atoms with Crippen molar-refractivity contribution in [2.24, 2.45) is 0 Å². The molecule has 0 aromatic carbocycles. The van der Waals surface area contributed by atoms with Crippen LogP contribution in [0, 0.1) is 0 Å². The monoisotopic (exact) mass is 166 g/mol. The third-order valence-corrected chi connectivity index (χ3v) is 2.14. The first kappa shape index (κ1) is 7.73. The van der Waals surface area contributed by atoms with Gasteiger partial charge in [-0.25, -0.2) is 0 Å². The van der Waals surface area contributed by atoms with E-state index in [4.69, 9.17) is 0 Å². The Hall–Kier alpha value is -0.900. The summed E-state index contributed by atoms with van der Waals surface area (Å²) in [6, 6.07) is 0. The lowest BCUT2D eigenvalue weighted by atomic mass is 10.4. The SMILES string of the molecule is CN(C)Cc1nnc2n1CCC2. The van der Waals surface area contributed by atoms with Crippen molar-refractivity contribution < 1.29 is 0 Å². The first-order valence-corrected chi connectivity index (χ1v) is 4.33. The van der Waals surface area contributed by atoms with Crippen LogP contribution in [-0.4, -0.2) is 33.8 Å². The van der Waals surface area contributed by atoms with Gasteiger partial charge < -0.3 is 9.47 Å². The van der Waals surface area contributed by atoms with Gasteiger partial charge in [0, 0.05) is 13.0 Å². The molecular formula is C8H14N4. The molecule has 1 aliphatic rings. The average Bonchev–Trinajstić information content (AvgIpc) is 2.52. The van der Waals surface area contributed by atoms with Crippen molar-refractivity contribution in [3.63, 3.8) is 0 Å². The Bertz CT molecular complexity index is 277. The number of hydrogen-bond acceptors (Lipinski definition) is 3. The van der Waals surface area contributed by atoms with E-state index in [0.29, 0.717) is 0 Å². The predicted molar refractivity (Wildman–Crippen MR) is 45.7 cm³/mol. The summed E-state index contributed by atoms with van der Waals surface area (Å²) in [5.74, 6) is 2.26. The minimum atomic E-state index is 0.896. The number of rotatable bonds is 2. The maximum atomic E-state index is 4.15. The fourth-order valence-corrected chi connectivity index (χ4v) is 1.61. The highest BCUT2D eigenvalue weighted by Gasteiger charge is 2.16. The molecule has 4 nitrogen and oxygen atoms in total. The Kier molecular flexibility index (Phi) is 1.84. The molecule has 12 heavy (non-hydrogen) atoms. The van der Waals surface area contributed by atoms with Crippen LogP contribution >= 0.6 is 0 Å². The maximum Gasteiger partial charge on any atom is 0.147 e. The van der Waals surface area contributed by atoms with Crippen LogP contribution in [0.5, 0.6) is 0 Å². The molecule has 0 saturated heterocycles. The van der Waals surface area contributed by atoms with Crippen molar-refractivity contribution in [2.45, 2.75) is 25.9 Å². The summed E-state index contributed by atoms with van der Waals surface area (Å²) < 4.78 is 2.24. The average molecular weight is 166 g/mol. The number of aromatic nitrogens is 3. The lowest BCUT2D eigenvalue weighted by Crippen LogP contribution is -2.15. The second-order valence-electron chi connectivity index (χ2n) is 3.53. The topological polar surface area (TPSA) is 34.0 Å². The van der Waals surface area contributed by atoms with E-state index in [1.165, 1.54) is 6.42 Å². The summed E-state index contributed by atoms with van der Waals surface area (Å²) in [5.41, 5.74) is 0. The fraction of sp³-hybridized carbons (Fsp3) is 0.750. The molecule has 0 spiro atoms. The standard InChI is InChI=1S/C8H14N4/c1-11(2)6-8-10-9-7-4-3-5-12(7)8/h3-6H2,1-2H3. The van der Waals surface area contributed by atoms with Gasteiger partial charge in [0.15, 0.2) is 0 Å². The molecule has 0 atom stereocenters. The zero-order valence-corrected chi connectivity index (χ0v) is 7.62. The molecule has 1 aromatic rings. The van der Waals surface area contributed by atoms with Crippen LogP contribution in [0.15, 0.2) is 0 Å². The smallest absolute Gasteiger partial charge is 0.147 e. The van der Waals surface area contributed by atoms with Gasteiger partial charge in [-0.05, 0) is 20.5 Å². The highest BCUT2D eigenvalue weighted by atomic mass is 15.3. The molecule has 0 amide bonds. The summed E-state index contributed by atoms with van der Waals surface area (Å²) in [4.78, 5) is 2.12. The Labute approximate surface area is 72.2 Å². The van der Waals surface area contributed by atoms with Gasteiger partial charge in [0.2, 0.25) is 0 Å². The molecule has 66 valence electrons. The predicted octanol–water partition coefficient (Wildman–Crippen LogP) is 0.286. The molecule has 4 heteroatoms. The van der Waals surface area contributed by atoms with Crippen molar-refractivity contribution in [1.82, 2.24) is 19.7 Å². The summed E-state index contributed by atoms with van der Waals surface area (Å²) in [6.45, 7) is 2.00. The van der Waals surface area contributed by atoms with E-state index in [2.05, 4.69) is 33.8 Å². The van der Waals surface area contributed by atoms with Gasteiger partial charge in [0.25, 0.3) is 0 Å². The Morgan fingerprint density at radius 2 is 2.25 bits per heavy atom. The third-order valence-electron chi connectivity index (χ3n) is 2.14. The van der Waals surface area contributed by atoms with Crippen LogP contribution in [-0.2, 0) is 19.5 Å². The third kappa shape index (κ3) is 1.22. The summed E-state index contributed by atoms with van der Waals surface area (Å²) in [5, 5.41) is 8.29. The molecule has 2 heterocycles. The minimum absolute atomic E-state index is 0.896. The van der Waals surface area contributed by atoms with Crippen molar-refractivity contribution in [3.05, 3.63) is 11.6 Å². The lowest BCUT2D eigenvalue weighted by Gasteiger charge is -2.08. The number of fused-ring (bicyclic) bond motifs is 1. The fourth-order valence-electron chi connectivity index (χ4n) is 1.61. The normalized spacial score (nSPS) is 15.6. The number of aryl methyl sites for hydroxylation is 1. The summed E-state index contributed by atoms with van der Waals surface area (Å²) in [7, 11) is 4.10. The van der Waals surface area contributed by atoms with Crippen molar-refractivity contribution >= 4 is 0 Å². The van der Waals surface area contributed by atoms with E-state index in [0.717, 1.165) is 31.2 Å². The number of hydrogen-bond donors (Lipinski definition) is 0. The van der Waals surface area contributed by atoms with E-state index in [1.54, 1.807) is 0 Å². The molecule has 1 aliphatic heterocycles. The molecule has 0 fully saturated rings. The van der Waals surface area contributed by atoms with Gasteiger partial charge in [-0.1, -0.05) is 0 Å². The molecule has 0 N–H and O–H groups in total. The molecule has 0 saturated carbocycles. The molecule has 1 aromatic heterocycles. The second-order valence-corrected chi connectivity index (χ2v) is 3.53. The largest absolute Gasteiger partial charge is 0.314 e. The molecule has 0 aliphatic carbocycles. The molecular weight excluding hydrogens is 152 g/mol. The van der Waals surface area contributed by atoms with Gasteiger partial charge in [-0.15, -0.1) is 10.2 Å². The van der Waals surface area contributed by atoms with Gasteiger partial charge in [-0.2, -0.15) is 0 Å². The van der Waals surface area contributed by atoms with Gasteiger partial charge in [0.1, 0.15) is 11.6 Å². The van der Waals surface area contributed by atoms with Crippen LogP contribution in [0.4, 0.5) is 0 Å². The van der Waals surface area contributed by atoms with Crippen LogP contribution in [0.3, 0.4) is 0 Å². The first-order valence-electron chi connectivity index (χ1n) is 4.33. The quantitative estimate of drug-likeness (QED) is 0.633. The van der Waals surface area contributed by atoms with Gasteiger partial charge >= 0.3 is 0 Å². The Morgan fingerprint density at radius 1 is 1.42 bits per heavy atom. The van der Waals surface area contributed by atoms with E-state index < -0.39 is 0 Å². The van der Waals surface area contributed by atoms with Crippen LogP contribution in [0.25, 0.3) is 0 Å². The summed E-state index contributed by atoms with van der Waals surface area (Å²) >= 11 is 0. The Morgan fingerprint density at radius 3 is 3.00 bits per heavy atom. The molecule has 2 rings (SSSR count). The Balaban J connectivity index is 2.22. The maximum absolute atomic E-state index is 4.15. The second kappa shape index (κ2) is 2.86. The molecule has 0 bridgehead atoms. The van der Waals surface area contributed by atoms with E-state index in [9.17, 15) is 0 Å². The highest BCUT2D eigenvalue weighted by molar-refractivity contribution is 5.00. The van der Waals surface area contributed by atoms with Crippen molar-refractivity contribution in [3.8, 4) is 0 Å². The minimum Gasteiger partial charge on any atom is -0.314 e.